The highest BCUT2D eigenvalue weighted by molar-refractivity contribution is 5.53. The lowest BCUT2D eigenvalue weighted by molar-refractivity contribution is -0.384. The lowest BCUT2D eigenvalue weighted by atomic mass is 10.4. The Balaban J connectivity index is 2.06. The molecule has 1 fully saturated rings. The minimum Gasteiger partial charge on any atom is -0.477 e. The number of pyridine rings is 1. The molecule has 0 aliphatic heterocycles. The van der Waals surface area contributed by atoms with Gasteiger partial charge in [0.25, 0.3) is 0 Å². The summed E-state index contributed by atoms with van der Waals surface area (Å²) in [6.45, 7) is 0.615. The molecular weight excluding hydrogens is 198 g/mol. The van der Waals surface area contributed by atoms with Crippen molar-refractivity contribution in [1.29, 1.82) is 0 Å². The Hall–Kier alpha value is -1.85. The number of hydrogen-bond donors (Lipinski definition) is 1. The summed E-state index contributed by atoms with van der Waals surface area (Å²) in [4.78, 5) is 13.7. The molecule has 0 bridgehead atoms. The number of rotatable bonds is 4. The molecule has 0 unspecified atom stereocenters. The van der Waals surface area contributed by atoms with Crippen LogP contribution in [0.25, 0.3) is 0 Å². The van der Waals surface area contributed by atoms with Gasteiger partial charge in [0, 0.05) is 12.1 Å². The third-order valence-corrected chi connectivity index (χ3v) is 2.24. The highest BCUT2D eigenvalue weighted by atomic mass is 16.6. The zero-order chi connectivity index (χ0) is 10.8. The molecule has 1 aromatic heterocycles. The van der Waals surface area contributed by atoms with E-state index in [0.29, 0.717) is 18.4 Å². The van der Waals surface area contributed by atoms with E-state index in [1.807, 2.05) is 0 Å². The van der Waals surface area contributed by atoms with Gasteiger partial charge in [0.1, 0.15) is 0 Å². The van der Waals surface area contributed by atoms with Crippen molar-refractivity contribution in [3.63, 3.8) is 0 Å². The molecular formula is C9H11N3O3. The van der Waals surface area contributed by atoms with Crippen LogP contribution in [-0.4, -0.2) is 16.5 Å². The molecule has 1 heterocycles. The zero-order valence-corrected chi connectivity index (χ0v) is 8.05. The monoisotopic (exact) mass is 209 g/mol. The van der Waals surface area contributed by atoms with Crippen LogP contribution in [-0.2, 0) is 0 Å². The summed E-state index contributed by atoms with van der Waals surface area (Å²) in [5, 5.41) is 10.5. The fraction of sp³-hybridized carbons (Fsp3) is 0.444. The van der Waals surface area contributed by atoms with Crippen molar-refractivity contribution in [3.8, 4) is 5.88 Å². The van der Waals surface area contributed by atoms with Gasteiger partial charge in [-0.15, -0.1) is 0 Å². The van der Waals surface area contributed by atoms with Crippen molar-refractivity contribution in [2.24, 2.45) is 5.92 Å². The van der Waals surface area contributed by atoms with Gasteiger partial charge in [0.05, 0.1) is 11.5 Å². The van der Waals surface area contributed by atoms with E-state index < -0.39 is 4.92 Å². The minimum atomic E-state index is -0.562. The van der Waals surface area contributed by atoms with Crippen LogP contribution in [0.4, 0.5) is 11.5 Å². The van der Waals surface area contributed by atoms with Crippen LogP contribution in [0.1, 0.15) is 12.8 Å². The lowest BCUT2D eigenvalue weighted by Crippen LogP contribution is -2.04. The average molecular weight is 209 g/mol. The number of aromatic nitrogens is 1. The van der Waals surface area contributed by atoms with Crippen LogP contribution in [0, 0.1) is 16.0 Å². The van der Waals surface area contributed by atoms with Crippen LogP contribution in [0.3, 0.4) is 0 Å². The summed E-state index contributed by atoms with van der Waals surface area (Å²) in [7, 11) is 0. The molecule has 80 valence electrons. The second-order valence-electron chi connectivity index (χ2n) is 3.57. The molecule has 1 aromatic rings. The van der Waals surface area contributed by atoms with Gasteiger partial charge in [0.15, 0.2) is 0 Å². The Labute approximate surface area is 86.2 Å². The van der Waals surface area contributed by atoms with Crippen LogP contribution >= 0.6 is 0 Å². The molecule has 2 N–H and O–H groups in total. The van der Waals surface area contributed by atoms with Crippen LogP contribution in [0.2, 0.25) is 0 Å². The van der Waals surface area contributed by atoms with Gasteiger partial charge < -0.3 is 10.5 Å². The Bertz CT molecular complexity index is 390. The molecule has 0 radical (unpaired) electrons. The molecule has 1 saturated carbocycles. The summed E-state index contributed by atoms with van der Waals surface area (Å²) < 4.78 is 5.33. The maximum Gasteiger partial charge on any atom is 0.311 e. The highest BCUT2D eigenvalue weighted by Gasteiger charge is 2.22. The molecule has 0 atom stereocenters. The van der Waals surface area contributed by atoms with Crippen molar-refractivity contribution in [1.82, 2.24) is 4.98 Å². The van der Waals surface area contributed by atoms with E-state index in [-0.39, 0.29) is 11.5 Å². The molecule has 2 rings (SSSR count). The summed E-state index contributed by atoms with van der Waals surface area (Å²) in [5.74, 6) is 0.863. The number of nitrogens with two attached hydrogens (primary N) is 1. The topological polar surface area (TPSA) is 91.3 Å². The summed E-state index contributed by atoms with van der Waals surface area (Å²) in [6, 6.07) is 2.78. The predicted molar refractivity (Wildman–Crippen MR) is 53.5 cm³/mol. The number of anilines is 1. The largest absolute Gasteiger partial charge is 0.477 e. The SMILES string of the molecule is Nc1nc(OCC2CC2)ccc1[N+](=O)[O-]. The van der Waals surface area contributed by atoms with Gasteiger partial charge in [0.2, 0.25) is 11.7 Å². The van der Waals surface area contributed by atoms with Gasteiger partial charge in [-0.3, -0.25) is 10.1 Å². The van der Waals surface area contributed by atoms with E-state index >= 15 is 0 Å². The van der Waals surface area contributed by atoms with Crippen molar-refractivity contribution in [2.45, 2.75) is 12.8 Å². The predicted octanol–water partition coefficient (Wildman–Crippen LogP) is 1.36. The van der Waals surface area contributed by atoms with Gasteiger partial charge in [-0.05, 0) is 18.8 Å². The average Bonchev–Trinajstić information content (AvgIpc) is 2.97. The van der Waals surface area contributed by atoms with Gasteiger partial charge in [-0.2, -0.15) is 4.98 Å². The summed E-state index contributed by atoms with van der Waals surface area (Å²) in [5.41, 5.74) is 5.23. The Morgan fingerprint density at radius 2 is 2.33 bits per heavy atom. The maximum atomic E-state index is 10.5. The van der Waals surface area contributed by atoms with E-state index in [0.717, 1.165) is 0 Å². The van der Waals surface area contributed by atoms with Crippen molar-refractivity contribution in [2.75, 3.05) is 12.3 Å². The number of nitrogen functional groups attached to an aromatic ring is 1. The number of nitro groups is 1. The second-order valence-corrected chi connectivity index (χ2v) is 3.57. The van der Waals surface area contributed by atoms with Gasteiger partial charge >= 0.3 is 5.69 Å². The number of hydrogen-bond acceptors (Lipinski definition) is 5. The maximum absolute atomic E-state index is 10.5. The van der Waals surface area contributed by atoms with Crippen molar-refractivity contribution >= 4 is 11.5 Å². The molecule has 0 spiro atoms. The smallest absolute Gasteiger partial charge is 0.311 e. The third kappa shape index (κ3) is 2.34. The summed E-state index contributed by atoms with van der Waals surface area (Å²) in [6.07, 6.45) is 2.37. The first kappa shape index (κ1) is 9.70. The van der Waals surface area contributed by atoms with Gasteiger partial charge in [-0.1, -0.05) is 0 Å². The number of ether oxygens (including phenoxy) is 1. The molecule has 0 saturated heterocycles. The lowest BCUT2D eigenvalue weighted by Gasteiger charge is -2.04. The fourth-order valence-electron chi connectivity index (χ4n) is 1.17. The molecule has 1 aliphatic carbocycles. The Morgan fingerprint density at radius 3 is 2.87 bits per heavy atom. The van der Waals surface area contributed by atoms with E-state index in [9.17, 15) is 10.1 Å². The Kier molecular flexibility index (Phi) is 2.40. The van der Waals surface area contributed by atoms with Gasteiger partial charge in [-0.25, -0.2) is 0 Å². The van der Waals surface area contributed by atoms with E-state index in [4.69, 9.17) is 10.5 Å². The summed E-state index contributed by atoms with van der Waals surface area (Å²) >= 11 is 0. The van der Waals surface area contributed by atoms with Crippen LogP contribution in [0.5, 0.6) is 5.88 Å². The van der Waals surface area contributed by atoms with Crippen LogP contribution in [0.15, 0.2) is 12.1 Å². The second kappa shape index (κ2) is 3.72. The van der Waals surface area contributed by atoms with Crippen molar-refractivity contribution < 1.29 is 9.66 Å². The van der Waals surface area contributed by atoms with E-state index in [1.54, 1.807) is 0 Å². The number of nitrogens with zero attached hydrogens (tertiary/aromatic N) is 2. The first-order chi connectivity index (χ1) is 7.16. The molecule has 0 amide bonds. The van der Waals surface area contributed by atoms with E-state index in [2.05, 4.69) is 4.98 Å². The first-order valence-electron chi connectivity index (χ1n) is 4.70. The quantitative estimate of drug-likeness (QED) is 0.597. The molecule has 6 nitrogen and oxygen atoms in total. The molecule has 15 heavy (non-hydrogen) atoms. The fourth-order valence-corrected chi connectivity index (χ4v) is 1.17. The van der Waals surface area contributed by atoms with Crippen molar-refractivity contribution in [3.05, 3.63) is 22.2 Å². The normalized spacial score (nSPS) is 14.9. The standard InChI is InChI=1S/C9H11N3O3/c10-9-7(12(13)14)3-4-8(11-9)15-5-6-1-2-6/h3-4,6H,1-2,5H2,(H2,10,11). The first-order valence-corrected chi connectivity index (χ1v) is 4.70. The molecule has 0 aromatic carbocycles. The zero-order valence-electron chi connectivity index (χ0n) is 8.05. The Morgan fingerprint density at radius 1 is 1.60 bits per heavy atom. The van der Waals surface area contributed by atoms with E-state index in [1.165, 1.54) is 25.0 Å². The highest BCUT2D eigenvalue weighted by Crippen LogP contribution is 2.30. The van der Waals surface area contributed by atoms with Crippen LogP contribution < -0.4 is 10.5 Å². The third-order valence-electron chi connectivity index (χ3n) is 2.24. The molecule has 1 aliphatic rings. The molecule has 6 heteroatoms. The minimum absolute atomic E-state index is 0.103.